The second-order valence-corrected chi connectivity index (χ2v) is 5.93. The molecule has 6 heteroatoms. The quantitative estimate of drug-likeness (QED) is 0.878. The maximum absolute atomic E-state index is 11.8. The number of anilines is 1. The summed E-state index contributed by atoms with van der Waals surface area (Å²) >= 11 is 6.75. The molecule has 2 aromatic rings. The van der Waals surface area contributed by atoms with Gasteiger partial charge in [-0.25, -0.2) is 4.68 Å². The van der Waals surface area contributed by atoms with Crippen LogP contribution in [0.5, 0.6) is 0 Å². The molecular formula is C13H13Br2N3O. The van der Waals surface area contributed by atoms with Crippen LogP contribution in [0.4, 0.5) is 5.69 Å². The highest BCUT2D eigenvalue weighted by molar-refractivity contribution is 9.10. The second-order valence-electron chi connectivity index (χ2n) is 4.22. The lowest BCUT2D eigenvalue weighted by molar-refractivity contribution is 0.701. The van der Waals surface area contributed by atoms with Crippen LogP contribution < -0.4 is 10.9 Å². The number of rotatable bonds is 3. The zero-order chi connectivity index (χ0) is 14.0. The highest BCUT2D eigenvalue weighted by Crippen LogP contribution is 2.24. The molecule has 0 bridgehead atoms. The molecule has 0 aliphatic rings. The Balaban J connectivity index is 2.27. The van der Waals surface area contributed by atoms with E-state index in [2.05, 4.69) is 42.3 Å². The summed E-state index contributed by atoms with van der Waals surface area (Å²) in [6, 6.07) is 8.11. The third-order valence-electron chi connectivity index (χ3n) is 2.80. The first-order valence-electron chi connectivity index (χ1n) is 5.73. The third kappa shape index (κ3) is 3.25. The molecule has 0 aliphatic heterocycles. The average molecular weight is 387 g/mol. The molecule has 0 spiro atoms. The zero-order valence-corrected chi connectivity index (χ0v) is 13.7. The molecule has 1 heterocycles. The Morgan fingerprint density at radius 2 is 2.11 bits per heavy atom. The molecule has 0 saturated carbocycles. The standard InChI is InChI=1S/C13H13Br2N3O/c1-8(9-4-3-5-10(14)6-9)17-11-7-16-18(2)13(19)12(11)15/h3-8,17H,1-2H3. The average Bonchev–Trinajstić information content (AvgIpc) is 2.39. The van der Waals surface area contributed by atoms with Gasteiger partial charge in [0.15, 0.2) is 0 Å². The molecule has 4 nitrogen and oxygen atoms in total. The van der Waals surface area contributed by atoms with Gasteiger partial charge in [-0.1, -0.05) is 28.1 Å². The molecule has 1 atom stereocenters. The molecule has 0 radical (unpaired) electrons. The summed E-state index contributed by atoms with van der Waals surface area (Å²) in [4.78, 5) is 11.8. The van der Waals surface area contributed by atoms with E-state index in [1.807, 2.05) is 31.2 Å². The Kier molecular flexibility index (Phi) is 4.42. The number of hydrogen-bond acceptors (Lipinski definition) is 3. The van der Waals surface area contributed by atoms with Gasteiger partial charge in [-0.15, -0.1) is 0 Å². The monoisotopic (exact) mass is 385 g/mol. The van der Waals surface area contributed by atoms with Crippen molar-refractivity contribution in [1.29, 1.82) is 0 Å². The number of hydrogen-bond donors (Lipinski definition) is 1. The topological polar surface area (TPSA) is 46.9 Å². The smallest absolute Gasteiger partial charge is 0.282 e. The van der Waals surface area contributed by atoms with E-state index in [9.17, 15) is 4.79 Å². The third-order valence-corrected chi connectivity index (χ3v) is 4.06. The SMILES string of the molecule is CC(Nc1cnn(C)c(=O)c1Br)c1cccc(Br)c1. The summed E-state index contributed by atoms with van der Waals surface area (Å²) in [5.41, 5.74) is 1.66. The van der Waals surface area contributed by atoms with E-state index >= 15 is 0 Å². The number of nitrogens with one attached hydrogen (secondary N) is 1. The van der Waals surface area contributed by atoms with Crippen LogP contribution in [0.25, 0.3) is 0 Å². The van der Waals surface area contributed by atoms with Crippen LogP contribution in [0.2, 0.25) is 0 Å². The van der Waals surface area contributed by atoms with E-state index in [-0.39, 0.29) is 11.6 Å². The van der Waals surface area contributed by atoms with Crippen LogP contribution >= 0.6 is 31.9 Å². The largest absolute Gasteiger partial charge is 0.376 e. The van der Waals surface area contributed by atoms with E-state index in [0.717, 1.165) is 10.0 Å². The Bertz CT molecular complexity index is 655. The van der Waals surface area contributed by atoms with Crippen molar-refractivity contribution in [1.82, 2.24) is 9.78 Å². The normalized spacial score (nSPS) is 12.2. The minimum absolute atomic E-state index is 0.0720. The van der Waals surface area contributed by atoms with Gasteiger partial charge in [0.25, 0.3) is 5.56 Å². The maximum Gasteiger partial charge on any atom is 0.282 e. The van der Waals surface area contributed by atoms with Crippen LogP contribution in [0.15, 0.2) is 44.2 Å². The van der Waals surface area contributed by atoms with Crippen LogP contribution in [-0.2, 0) is 7.05 Å². The van der Waals surface area contributed by atoms with Crippen molar-refractivity contribution in [3.05, 3.63) is 55.3 Å². The molecule has 1 aromatic carbocycles. The van der Waals surface area contributed by atoms with Crippen molar-refractivity contribution < 1.29 is 0 Å². The predicted octanol–water partition coefficient (Wildman–Crippen LogP) is 3.48. The fraction of sp³-hybridized carbons (Fsp3) is 0.231. The van der Waals surface area contributed by atoms with Gasteiger partial charge in [-0.2, -0.15) is 5.10 Å². The van der Waals surface area contributed by atoms with E-state index < -0.39 is 0 Å². The van der Waals surface area contributed by atoms with Crippen molar-refractivity contribution in [2.75, 3.05) is 5.32 Å². The van der Waals surface area contributed by atoms with Gasteiger partial charge in [0.2, 0.25) is 0 Å². The van der Waals surface area contributed by atoms with Gasteiger partial charge in [-0.05, 0) is 40.5 Å². The highest BCUT2D eigenvalue weighted by Gasteiger charge is 2.11. The summed E-state index contributed by atoms with van der Waals surface area (Å²) in [7, 11) is 1.62. The summed E-state index contributed by atoms with van der Waals surface area (Å²) in [5, 5.41) is 7.28. The zero-order valence-electron chi connectivity index (χ0n) is 10.5. The molecule has 2 rings (SSSR count). The predicted molar refractivity (Wildman–Crippen MR) is 83.4 cm³/mol. The molecule has 19 heavy (non-hydrogen) atoms. The fourth-order valence-electron chi connectivity index (χ4n) is 1.70. The van der Waals surface area contributed by atoms with Crippen LogP contribution in [-0.4, -0.2) is 9.78 Å². The first-order valence-corrected chi connectivity index (χ1v) is 7.31. The summed E-state index contributed by atoms with van der Waals surface area (Å²) in [6.07, 6.45) is 1.64. The molecule has 0 fully saturated rings. The molecule has 1 aromatic heterocycles. The number of benzene rings is 1. The van der Waals surface area contributed by atoms with Gasteiger partial charge < -0.3 is 5.32 Å². The maximum atomic E-state index is 11.8. The van der Waals surface area contributed by atoms with E-state index in [1.165, 1.54) is 4.68 Å². The van der Waals surface area contributed by atoms with Crippen molar-refractivity contribution in [2.24, 2.45) is 7.05 Å². The Morgan fingerprint density at radius 3 is 2.79 bits per heavy atom. The molecular weight excluding hydrogens is 374 g/mol. The lowest BCUT2D eigenvalue weighted by atomic mass is 10.1. The number of nitrogens with zero attached hydrogens (tertiary/aromatic N) is 2. The Morgan fingerprint density at radius 1 is 1.37 bits per heavy atom. The minimum atomic E-state index is -0.161. The number of aromatic nitrogens is 2. The Hall–Kier alpha value is -1.14. The second kappa shape index (κ2) is 5.88. The number of aryl methyl sites for hydroxylation is 1. The molecule has 1 unspecified atom stereocenters. The van der Waals surface area contributed by atoms with Gasteiger partial charge in [0, 0.05) is 17.6 Å². The van der Waals surface area contributed by atoms with Crippen LogP contribution in [0.3, 0.4) is 0 Å². The van der Waals surface area contributed by atoms with E-state index in [0.29, 0.717) is 10.2 Å². The van der Waals surface area contributed by atoms with Gasteiger partial charge >= 0.3 is 0 Å². The van der Waals surface area contributed by atoms with Gasteiger partial charge in [0.05, 0.1) is 11.9 Å². The van der Waals surface area contributed by atoms with E-state index in [1.54, 1.807) is 13.2 Å². The van der Waals surface area contributed by atoms with Gasteiger partial charge in [-0.3, -0.25) is 4.79 Å². The molecule has 100 valence electrons. The van der Waals surface area contributed by atoms with Crippen molar-refractivity contribution >= 4 is 37.5 Å². The first-order chi connectivity index (χ1) is 8.99. The lowest BCUT2D eigenvalue weighted by Crippen LogP contribution is -2.22. The van der Waals surface area contributed by atoms with E-state index in [4.69, 9.17) is 0 Å². The van der Waals surface area contributed by atoms with Crippen molar-refractivity contribution in [2.45, 2.75) is 13.0 Å². The van der Waals surface area contributed by atoms with Crippen molar-refractivity contribution in [3.63, 3.8) is 0 Å². The molecule has 0 aliphatic carbocycles. The Labute approximate surface area is 128 Å². The van der Waals surface area contributed by atoms with Crippen LogP contribution in [0.1, 0.15) is 18.5 Å². The first kappa shape index (κ1) is 14.3. The summed E-state index contributed by atoms with van der Waals surface area (Å²) in [5.74, 6) is 0. The number of halogens is 2. The summed E-state index contributed by atoms with van der Waals surface area (Å²) in [6.45, 7) is 2.03. The molecule has 1 N–H and O–H groups in total. The lowest BCUT2D eigenvalue weighted by Gasteiger charge is -2.16. The minimum Gasteiger partial charge on any atom is -0.376 e. The fourth-order valence-corrected chi connectivity index (χ4v) is 2.59. The summed E-state index contributed by atoms with van der Waals surface area (Å²) < 4.78 is 2.81. The van der Waals surface area contributed by atoms with Crippen molar-refractivity contribution in [3.8, 4) is 0 Å². The molecule has 0 amide bonds. The van der Waals surface area contributed by atoms with Gasteiger partial charge in [0.1, 0.15) is 4.47 Å². The van der Waals surface area contributed by atoms with Crippen LogP contribution in [0, 0.1) is 0 Å². The highest BCUT2D eigenvalue weighted by atomic mass is 79.9. The molecule has 0 saturated heterocycles.